The minimum Gasteiger partial charge on any atom is -0.468 e. The Bertz CT molecular complexity index is 726. The monoisotopic (exact) mass is 326 g/mol. The fraction of sp³-hybridized carbons (Fsp3) is 0.263. The molecular weight excluding hydrogens is 308 g/mol. The Kier molecular flexibility index (Phi) is 4.53. The number of esters is 1. The van der Waals surface area contributed by atoms with Gasteiger partial charge in [-0.1, -0.05) is 48.2 Å². The van der Waals surface area contributed by atoms with Crippen molar-refractivity contribution in [2.45, 2.75) is 34.5 Å². The van der Waals surface area contributed by atoms with Crippen molar-refractivity contribution in [1.29, 1.82) is 0 Å². The van der Waals surface area contributed by atoms with Gasteiger partial charge in [0.1, 0.15) is 0 Å². The molecule has 1 unspecified atom stereocenters. The second kappa shape index (κ2) is 6.59. The number of rotatable bonds is 4. The first-order valence-corrected chi connectivity index (χ1v) is 8.44. The van der Waals surface area contributed by atoms with Crippen LogP contribution in [-0.2, 0) is 19.7 Å². The molecular formula is C19H18O3S. The zero-order chi connectivity index (χ0) is 16.3. The minimum absolute atomic E-state index is 0.0366. The number of hydrogen-bond donors (Lipinski definition) is 0. The SMILES string of the molecule is COC(=O)C1(c2ccccc2Sc2ccccc2)CCCC1=O. The zero-order valence-corrected chi connectivity index (χ0v) is 13.8. The lowest BCUT2D eigenvalue weighted by Crippen LogP contribution is -2.41. The normalized spacial score (nSPS) is 20.5. The lowest BCUT2D eigenvalue weighted by molar-refractivity contribution is -0.150. The maximum atomic E-state index is 12.6. The second-order valence-electron chi connectivity index (χ2n) is 5.58. The van der Waals surface area contributed by atoms with Crippen molar-refractivity contribution < 1.29 is 14.3 Å². The van der Waals surface area contributed by atoms with E-state index in [1.54, 1.807) is 11.8 Å². The average molecular weight is 326 g/mol. The molecule has 1 fully saturated rings. The molecule has 1 saturated carbocycles. The van der Waals surface area contributed by atoms with E-state index >= 15 is 0 Å². The highest BCUT2D eigenvalue weighted by Gasteiger charge is 2.52. The summed E-state index contributed by atoms with van der Waals surface area (Å²) in [6, 6.07) is 17.6. The van der Waals surface area contributed by atoms with Crippen LogP contribution in [0.25, 0.3) is 0 Å². The van der Waals surface area contributed by atoms with Gasteiger partial charge < -0.3 is 4.74 Å². The Morgan fingerprint density at radius 3 is 2.43 bits per heavy atom. The van der Waals surface area contributed by atoms with E-state index in [1.165, 1.54) is 7.11 Å². The molecule has 0 amide bonds. The summed E-state index contributed by atoms with van der Waals surface area (Å²) in [5, 5.41) is 0. The molecule has 1 atom stereocenters. The van der Waals surface area contributed by atoms with Crippen molar-refractivity contribution in [2.24, 2.45) is 0 Å². The predicted octanol–water partition coefficient (Wildman–Crippen LogP) is 4.00. The standard InChI is InChI=1S/C19H18O3S/c1-22-18(21)19(13-7-12-17(19)20)15-10-5-6-11-16(15)23-14-8-3-2-4-9-14/h2-6,8-11H,7,12-13H2,1H3. The van der Waals surface area contributed by atoms with E-state index in [0.717, 1.165) is 21.8 Å². The summed E-state index contributed by atoms with van der Waals surface area (Å²) in [4.78, 5) is 27.1. The maximum Gasteiger partial charge on any atom is 0.323 e. The Balaban J connectivity index is 2.08. The molecule has 0 aromatic heterocycles. The van der Waals surface area contributed by atoms with E-state index in [9.17, 15) is 9.59 Å². The lowest BCUT2D eigenvalue weighted by atomic mass is 9.78. The largest absolute Gasteiger partial charge is 0.468 e. The van der Waals surface area contributed by atoms with Gasteiger partial charge >= 0.3 is 5.97 Å². The summed E-state index contributed by atoms with van der Waals surface area (Å²) in [6.45, 7) is 0. The van der Waals surface area contributed by atoms with E-state index in [1.807, 2.05) is 54.6 Å². The molecule has 0 bridgehead atoms. The van der Waals surface area contributed by atoms with Crippen LogP contribution in [0.5, 0.6) is 0 Å². The van der Waals surface area contributed by atoms with Crippen LogP contribution in [-0.4, -0.2) is 18.9 Å². The molecule has 118 valence electrons. The first-order valence-electron chi connectivity index (χ1n) is 7.62. The van der Waals surface area contributed by atoms with E-state index in [-0.39, 0.29) is 5.78 Å². The number of ketones is 1. The Hall–Kier alpha value is -2.07. The molecule has 0 radical (unpaired) electrons. The van der Waals surface area contributed by atoms with Gasteiger partial charge in [-0.05, 0) is 36.6 Å². The van der Waals surface area contributed by atoms with Crippen LogP contribution in [0.15, 0.2) is 64.4 Å². The maximum absolute atomic E-state index is 12.6. The Morgan fingerprint density at radius 2 is 1.78 bits per heavy atom. The van der Waals surface area contributed by atoms with Gasteiger partial charge in [0.25, 0.3) is 0 Å². The molecule has 23 heavy (non-hydrogen) atoms. The molecule has 2 aromatic rings. The number of hydrogen-bond acceptors (Lipinski definition) is 4. The fourth-order valence-corrected chi connectivity index (χ4v) is 4.22. The van der Waals surface area contributed by atoms with Gasteiger partial charge in [-0.3, -0.25) is 9.59 Å². The van der Waals surface area contributed by atoms with Crippen molar-refractivity contribution >= 4 is 23.5 Å². The van der Waals surface area contributed by atoms with Gasteiger partial charge in [0, 0.05) is 16.2 Å². The summed E-state index contributed by atoms with van der Waals surface area (Å²) in [5.41, 5.74) is -0.379. The van der Waals surface area contributed by atoms with Gasteiger partial charge in [0.05, 0.1) is 7.11 Å². The molecule has 2 aromatic carbocycles. The van der Waals surface area contributed by atoms with Crippen LogP contribution in [0.3, 0.4) is 0 Å². The third kappa shape index (κ3) is 2.79. The topological polar surface area (TPSA) is 43.4 Å². The average Bonchev–Trinajstić information content (AvgIpc) is 2.98. The number of benzene rings is 2. The van der Waals surface area contributed by atoms with Gasteiger partial charge in [-0.15, -0.1) is 0 Å². The summed E-state index contributed by atoms with van der Waals surface area (Å²) in [5.74, 6) is -0.480. The van der Waals surface area contributed by atoms with Crippen LogP contribution in [0.1, 0.15) is 24.8 Å². The third-order valence-corrected chi connectivity index (χ3v) is 5.37. The van der Waals surface area contributed by atoms with Crippen molar-refractivity contribution in [3.8, 4) is 0 Å². The quantitative estimate of drug-likeness (QED) is 0.629. The molecule has 1 aliphatic carbocycles. The van der Waals surface area contributed by atoms with Crippen LogP contribution in [0, 0.1) is 0 Å². The van der Waals surface area contributed by atoms with Gasteiger partial charge in [0.2, 0.25) is 0 Å². The minimum atomic E-state index is -1.15. The predicted molar refractivity (Wildman–Crippen MR) is 89.6 cm³/mol. The van der Waals surface area contributed by atoms with Gasteiger partial charge in [-0.25, -0.2) is 0 Å². The molecule has 0 heterocycles. The van der Waals surface area contributed by atoms with Crippen LogP contribution < -0.4 is 0 Å². The molecule has 0 aliphatic heterocycles. The van der Waals surface area contributed by atoms with E-state index < -0.39 is 11.4 Å². The van der Waals surface area contributed by atoms with Crippen molar-refractivity contribution in [3.63, 3.8) is 0 Å². The van der Waals surface area contributed by atoms with Crippen LogP contribution in [0.4, 0.5) is 0 Å². The van der Waals surface area contributed by atoms with Crippen molar-refractivity contribution in [2.75, 3.05) is 7.11 Å². The zero-order valence-electron chi connectivity index (χ0n) is 13.0. The summed E-state index contributed by atoms with van der Waals surface area (Å²) < 4.78 is 5.00. The summed E-state index contributed by atoms with van der Waals surface area (Å²) in [6.07, 6.45) is 1.67. The fourth-order valence-electron chi connectivity index (χ4n) is 3.18. The molecule has 1 aliphatic rings. The van der Waals surface area contributed by atoms with Gasteiger partial charge in [0.15, 0.2) is 11.2 Å². The van der Waals surface area contributed by atoms with Crippen LogP contribution >= 0.6 is 11.8 Å². The molecule has 3 rings (SSSR count). The van der Waals surface area contributed by atoms with E-state index in [4.69, 9.17) is 4.74 Å². The summed E-state index contributed by atoms with van der Waals surface area (Å²) >= 11 is 1.57. The third-order valence-electron chi connectivity index (χ3n) is 4.28. The molecule has 3 nitrogen and oxygen atoms in total. The highest BCUT2D eigenvalue weighted by molar-refractivity contribution is 7.99. The molecule has 4 heteroatoms. The second-order valence-corrected chi connectivity index (χ2v) is 6.70. The number of carbonyl (C=O) groups excluding carboxylic acids is 2. The van der Waals surface area contributed by atoms with Crippen LogP contribution in [0.2, 0.25) is 0 Å². The first kappa shape index (κ1) is 15.8. The highest BCUT2D eigenvalue weighted by atomic mass is 32.2. The number of Topliss-reactive ketones (excluding diaryl/α,β-unsaturated/α-hetero) is 1. The molecule has 0 saturated heterocycles. The highest BCUT2D eigenvalue weighted by Crippen LogP contribution is 2.44. The lowest BCUT2D eigenvalue weighted by Gasteiger charge is -2.27. The van der Waals surface area contributed by atoms with Crippen molar-refractivity contribution in [1.82, 2.24) is 0 Å². The molecule has 0 spiro atoms. The van der Waals surface area contributed by atoms with Crippen molar-refractivity contribution in [3.05, 3.63) is 60.2 Å². The molecule has 0 N–H and O–H groups in total. The van der Waals surface area contributed by atoms with E-state index in [2.05, 4.69) is 0 Å². The first-order chi connectivity index (χ1) is 11.2. The van der Waals surface area contributed by atoms with Gasteiger partial charge in [-0.2, -0.15) is 0 Å². The Labute approximate surface area is 140 Å². The number of carbonyl (C=O) groups is 2. The summed E-state index contributed by atoms with van der Waals surface area (Å²) in [7, 11) is 1.35. The number of ether oxygens (including phenoxy) is 1. The Morgan fingerprint density at radius 1 is 1.09 bits per heavy atom. The smallest absolute Gasteiger partial charge is 0.323 e. The van der Waals surface area contributed by atoms with E-state index in [0.29, 0.717) is 12.8 Å². The number of methoxy groups -OCH3 is 1.